The molecule has 0 aromatic heterocycles. The predicted octanol–water partition coefficient (Wildman–Crippen LogP) is -0.444. The summed E-state index contributed by atoms with van der Waals surface area (Å²) in [5.41, 5.74) is 5.40. The Morgan fingerprint density at radius 2 is 2.50 bits per heavy atom. The minimum Gasteiger partial charge on any atom is -0.327 e. The number of nitrogens with one attached hydrogen (secondary N) is 1. The van der Waals surface area contributed by atoms with Gasteiger partial charge in [-0.25, -0.2) is 0 Å². The highest BCUT2D eigenvalue weighted by molar-refractivity contribution is 4.86. The van der Waals surface area contributed by atoms with Crippen LogP contribution in [0.5, 0.6) is 0 Å². The maximum atomic E-state index is 5.40. The molecule has 0 fully saturated rings. The van der Waals surface area contributed by atoms with E-state index in [1.165, 1.54) is 0 Å². The Morgan fingerprint density at radius 3 is 2.88 bits per heavy atom. The lowest BCUT2D eigenvalue weighted by Gasteiger charge is -2.02. The van der Waals surface area contributed by atoms with Crippen LogP contribution in [0.15, 0.2) is 0 Å². The van der Waals surface area contributed by atoms with Crippen molar-refractivity contribution >= 4 is 0 Å². The number of nitrogens with two attached hydrogens (primary N) is 1. The van der Waals surface area contributed by atoms with Crippen LogP contribution in [0.4, 0.5) is 0 Å². The third-order valence-electron chi connectivity index (χ3n) is 0.693. The molecule has 2 heteroatoms. The minimum absolute atomic E-state index is 0.198. The fourth-order valence-corrected chi connectivity index (χ4v) is 0.372. The van der Waals surface area contributed by atoms with E-state index in [0.29, 0.717) is 6.54 Å². The van der Waals surface area contributed by atoms with Crippen molar-refractivity contribution in [2.75, 3.05) is 13.1 Å². The zero-order chi connectivity index (χ0) is 6.41. The molecule has 0 bridgehead atoms. The number of hydrogen-bond donors (Lipinski definition) is 2. The van der Waals surface area contributed by atoms with Gasteiger partial charge < -0.3 is 11.1 Å². The first-order valence-electron chi connectivity index (χ1n) is 2.67. The molecule has 0 aliphatic heterocycles. The van der Waals surface area contributed by atoms with Crippen molar-refractivity contribution in [1.82, 2.24) is 5.32 Å². The summed E-state index contributed by atoms with van der Waals surface area (Å²) in [5.74, 6) is 2.46. The van der Waals surface area contributed by atoms with Gasteiger partial charge in [-0.05, 0) is 6.92 Å². The van der Waals surface area contributed by atoms with Crippen LogP contribution >= 0.6 is 0 Å². The molecule has 0 spiro atoms. The minimum atomic E-state index is 0.198. The van der Waals surface area contributed by atoms with E-state index >= 15 is 0 Å². The molecule has 1 atom stereocenters. The SMILES string of the molecule is C#CCNCC(C)N. The molecule has 8 heavy (non-hydrogen) atoms. The molecular weight excluding hydrogens is 100 g/mol. The standard InChI is InChI=1S/C6H12N2/c1-3-4-8-5-6(2)7/h1,6,8H,4-5,7H2,2H3. The highest BCUT2D eigenvalue weighted by Crippen LogP contribution is 1.66. The first-order chi connectivity index (χ1) is 3.77. The third-order valence-corrected chi connectivity index (χ3v) is 0.693. The second-order valence-corrected chi connectivity index (χ2v) is 1.81. The lowest BCUT2D eigenvalue weighted by atomic mass is 10.4. The summed E-state index contributed by atoms with van der Waals surface area (Å²) in [6.45, 7) is 3.34. The van der Waals surface area contributed by atoms with Crippen molar-refractivity contribution in [2.24, 2.45) is 5.73 Å². The fraction of sp³-hybridized carbons (Fsp3) is 0.667. The molecular formula is C6H12N2. The Morgan fingerprint density at radius 1 is 1.88 bits per heavy atom. The van der Waals surface area contributed by atoms with Crippen molar-refractivity contribution in [3.05, 3.63) is 0 Å². The maximum Gasteiger partial charge on any atom is 0.0574 e. The van der Waals surface area contributed by atoms with Crippen molar-refractivity contribution < 1.29 is 0 Å². The smallest absolute Gasteiger partial charge is 0.0574 e. The molecule has 0 saturated carbocycles. The normalized spacial score (nSPS) is 12.6. The Bertz CT molecular complexity index is 81.0. The van der Waals surface area contributed by atoms with Crippen molar-refractivity contribution in [3.8, 4) is 12.3 Å². The summed E-state index contributed by atoms with van der Waals surface area (Å²) >= 11 is 0. The molecule has 3 N–H and O–H groups in total. The molecule has 1 unspecified atom stereocenters. The van der Waals surface area contributed by atoms with Gasteiger partial charge in [0.25, 0.3) is 0 Å². The monoisotopic (exact) mass is 112 g/mol. The van der Waals surface area contributed by atoms with Crippen LogP contribution in [0, 0.1) is 12.3 Å². The van der Waals surface area contributed by atoms with E-state index in [2.05, 4.69) is 11.2 Å². The first kappa shape index (κ1) is 7.48. The average molecular weight is 112 g/mol. The highest BCUT2D eigenvalue weighted by Gasteiger charge is 1.87. The van der Waals surface area contributed by atoms with Crippen LogP contribution in [0.2, 0.25) is 0 Å². The molecule has 0 aliphatic carbocycles. The van der Waals surface area contributed by atoms with E-state index in [0.717, 1.165) is 6.54 Å². The van der Waals surface area contributed by atoms with Crippen LogP contribution in [0.3, 0.4) is 0 Å². The van der Waals surface area contributed by atoms with Crippen LogP contribution in [0.1, 0.15) is 6.92 Å². The summed E-state index contributed by atoms with van der Waals surface area (Å²) in [4.78, 5) is 0. The molecule has 0 aromatic carbocycles. The largest absolute Gasteiger partial charge is 0.327 e. The van der Waals surface area contributed by atoms with E-state index in [9.17, 15) is 0 Å². The maximum absolute atomic E-state index is 5.40. The predicted molar refractivity (Wildman–Crippen MR) is 35.4 cm³/mol. The lowest BCUT2D eigenvalue weighted by Crippen LogP contribution is -2.31. The molecule has 0 aliphatic rings. The Hall–Kier alpha value is -0.520. The van der Waals surface area contributed by atoms with Crippen LogP contribution in [0.25, 0.3) is 0 Å². The fourth-order valence-electron chi connectivity index (χ4n) is 0.372. The summed E-state index contributed by atoms with van der Waals surface area (Å²) in [6, 6.07) is 0.198. The second-order valence-electron chi connectivity index (χ2n) is 1.81. The highest BCUT2D eigenvalue weighted by atomic mass is 14.9. The van der Waals surface area contributed by atoms with Gasteiger partial charge in [0.2, 0.25) is 0 Å². The zero-order valence-corrected chi connectivity index (χ0v) is 5.15. The summed E-state index contributed by atoms with van der Waals surface area (Å²) < 4.78 is 0. The van der Waals surface area contributed by atoms with Gasteiger partial charge in [0.1, 0.15) is 0 Å². The molecule has 0 rings (SSSR count). The summed E-state index contributed by atoms with van der Waals surface area (Å²) in [6.07, 6.45) is 4.96. The van der Waals surface area contributed by atoms with Crippen LogP contribution in [-0.4, -0.2) is 19.1 Å². The zero-order valence-electron chi connectivity index (χ0n) is 5.15. The molecule has 0 aromatic rings. The van der Waals surface area contributed by atoms with Gasteiger partial charge in [0.15, 0.2) is 0 Å². The number of hydrogen-bond acceptors (Lipinski definition) is 2. The van der Waals surface area contributed by atoms with E-state index < -0.39 is 0 Å². The molecule has 0 saturated heterocycles. The van der Waals surface area contributed by atoms with E-state index in [-0.39, 0.29) is 6.04 Å². The van der Waals surface area contributed by atoms with Crippen molar-refractivity contribution in [3.63, 3.8) is 0 Å². The molecule has 0 radical (unpaired) electrons. The van der Waals surface area contributed by atoms with Gasteiger partial charge in [0.05, 0.1) is 6.54 Å². The lowest BCUT2D eigenvalue weighted by molar-refractivity contribution is 0.646. The Balaban J connectivity index is 2.85. The van der Waals surface area contributed by atoms with Gasteiger partial charge in [0, 0.05) is 12.6 Å². The molecule has 46 valence electrons. The van der Waals surface area contributed by atoms with E-state index in [1.54, 1.807) is 0 Å². The third kappa shape index (κ3) is 5.48. The quantitative estimate of drug-likeness (QED) is 0.383. The second kappa shape index (κ2) is 4.63. The van der Waals surface area contributed by atoms with Gasteiger partial charge in [-0.15, -0.1) is 6.42 Å². The topological polar surface area (TPSA) is 38.0 Å². The molecule has 0 heterocycles. The van der Waals surface area contributed by atoms with Crippen LogP contribution < -0.4 is 11.1 Å². The van der Waals surface area contributed by atoms with Crippen molar-refractivity contribution in [2.45, 2.75) is 13.0 Å². The van der Waals surface area contributed by atoms with E-state index in [1.807, 2.05) is 6.92 Å². The molecule has 0 amide bonds. The average Bonchev–Trinajstić information content (AvgIpc) is 1.66. The molecule has 2 nitrogen and oxygen atoms in total. The summed E-state index contributed by atoms with van der Waals surface area (Å²) in [5, 5.41) is 2.97. The van der Waals surface area contributed by atoms with Gasteiger partial charge in [-0.1, -0.05) is 5.92 Å². The van der Waals surface area contributed by atoms with Gasteiger partial charge in [-0.3, -0.25) is 0 Å². The van der Waals surface area contributed by atoms with Crippen LogP contribution in [-0.2, 0) is 0 Å². The Labute approximate surface area is 50.5 Å². The van der Waals surface area contributed by atoms with Crippen molar-refractivity contribution in [1.29, 1.82) is 0 Å². The summed E-state index contributed by atoms with van der Waals surface area (Å²) in [7, 11) is 0. The van der Waals surface area contributed by atoms with E-state index in [4.69, 9.17) is 12.2 Å². The number of terminal acetylenes is 1. The van der Waals surface area contributed by atoms with Gasteiger partial charge in [-0.2, -0.15) is 0 Å². The first-order valence-corrected chi connectivity index (χ1v) is 2.67. The Kier molecular flexibility index (Phi) is 4.33. The van der Waals surface area contributed by atoms with Gasteiger partial charge >= 0.3 is 0 Å². The number of rotatable bonds is 3.